The topological polar surface area (TPSA) is 52.7 Å². The van der Waals surface area contributed by atoms with Crippen molar-refractivity contribution in [3.63, 3.8) is 0 Å². The third-order valence-electron chi connectivity index (χ3n) is 4.70. The monoisotopic (exact) mass is 317 g/mol. The number of ether oxygens (including phenoxy) is 2. The Kier molecular flexibility index (Phi) is 4.20. The van der Waals surface area contributed by atoms with Crippen LogP contribution in [0.15, 0.2) is 41.5 Å². The maximum Gasteiger partial charge on any atom is 0.105 e. The predicted molar refractivity (Wildman–Crippen MR) is 83.9 cm³/mol. The Balaban J connectivity index is 1.40. The fraction of sp³-hybridized carbons (Fsp3) is 0.588. The highest BCUT2D eigenvalue weighted by molar-refractivity contribution is 5.06. The molecule has 2 aliphatic heterocycles. The molecule has 2 saturated heterocycles. The molecule has 0 radical (unpaired) electrons. The van der Waals surface area contributed by atoms with Crippen LogP contribution in [0.5, 0.6) is 0 Å². The van der Waals surface area contributed by atoms with E-state index in [9.17, 15) is 0 Å². The van der Waals surface area contributed by atoms with Gasteiger partial charge in [-0.2, -0.15) is 5.10 Å². The molecule has 0 unspecified atom stereocenters. The molecule has 1 spiro atoms. The zero-order chi connectivity index (χ0) is 15.5. The van der Waals surface area contributed by atoms with Crippen molar-refractivity contribution in [1.82, 2.24) is 14.7 Å². The smallest absolute Gasteiger partial charge is 0.105 e. The molecule has 23 heavy (non-hydrogen) atoms. The van der Waals surface area contributed by atoms with Gasteiger partial charge in [-0.3, -0.25) is 9.58 Å². The lowest BCUT2D eigenvalue weighted by atomic mass is 10.00. The van der Waals surface area contributed by atoms with Crippen LogP contribution >= 0.6 is 0 Å². The first-order chi connectivity index (χ1) is 11.3. The summed E-state index contributed by atoms with van der Waals surface area (Å²) in [5.41, 5.74) is 1.02. The Morgan fingerprint density at radius 3 is 3.22 bits per heavy atom. The molecule has 0 aliphatic carbocycles. The molecule has 2 atom stereocenters. The molecule has 0 saturated carbocycles. The van der Waals surface area contributed by atoms with Crippen molar-refractivity contribution in [3.8, 4) is 0 Å². The van der Waals surface area contributed by atoms with Gasteiger partial charge in [0, 0.05) is 37.6 Å². The van der Waals surface area contributed by atoms with Crippen molar-refractivity contribution in [1.29, 1.82) is 0 Å². The minimum Gasteiger partial charge on any atom is -0.472 e. The number of hydrogen-bond acceptors (Lipinski definition) is 5. The summed E-state index contributed by atoms with van der Waals surface area (Å²) < 4.78 is 19.4. The molecular weight excluding hydrogens is 294 g/mol. The van der Waals surface area contributed by atoms with Crippen molar-refractivity contribution in [2.75, 3.05) is 26.3 Å². The summed E-state index contributed by atoms with van der Waals surface area (Å²) >= 11 is 0. The second-order valence-corrected chi connectivity index (χ2v) is 6.58. The number of aromatic nitrogens is 2. The first-order valence-electron chi connectivity index (χ1n) is 8.28. The van der Waals surface area contributed by atoms with Crippen molar-refractivity contribution >= 4 is 0 Å². The first-order valence-corrected chi connectivity index (χ1v) is 8.28. The SMILES string of the molecule is c1cnn(C[C@H]2CC[C@]3(COCCN(Cc4ccoc4)C3)O2)c1. The Bertz CT molecular complexity index is 599. The minimum absolute atomic E-state index is 0.182. The summed E-state index contributed by atoms with van der Waals surface area (Å²) in [6.45, 7) is 4.98. The quantitative estimate of drug-likeness (QED) is 0.862. The van der Waals surface area contributed by atoms with E-state index >= 15 is 0 Å². The highest BCUT2D eigenvalue weighted by Crippen LogP contribution is 2.34. The van der Waals surface area contributed by atoms with Gasteiger partial charge in [0.2, 0.25) is 0 Å². The molecular formula is C17H23N3O3. The maximum absolute atomic E-state index is 6.44. The Hall–Kier alpha value is -1.63. The van der Waals surface area contributed by atoms with Gasteiger partial charge in [-0.05, 0) is 25.0 Å². The van der Waals surface area contributed by atoms with Gasteiger partial charge in [0.1, 0.15) is 5.60 Å². The zero-order valence-corrected chi connectivity index (χ0v) is 13.3. The molecule has 2 aromatic heterocycles. The second kappa shape index (κ2) is 6.47. The van der Waals surface area contributed by atoms with Crippen molar-refractivity contribution in [2.24, 2.45) is 0 Å². The van der Waals surface area contributed by atoms with Gasteiger partial charge in [0.25, 0.3) is 0 Å². The minimum atomic E-state index is -0.182. The lowest BCUT2D eigenvalue weighted by Gasteiger charge is -2.31. The molecule has 4 heterocycles. The van der Waals surface area contributed by atoms with Crippen LogP contribution in [0, 0.1) is 0 Å². The van der Waals surface area contributed by atoms with E-state index in [1.807, 2.05) is 35.5 Å². The van der Waals surface area contributed by atoms with Gasteiger partial charge in [0.05, 0.1) is 38.4 Å². The average Bonchev–Trinajstić information content (AvgIpc) is 3.25. The molecule has 6 nitrogen and oxygen atoms in total. The van der Waals surface area contributed by atoms with E-state index in [1.165, 1.54) is 5.56 Å². The van der Waals surface area contributed by atoms with Crippen LogP contribution in [0.2, 0.25) is 0 Å². The number of nitrogens with zero attached hydrogens (tertiary/aromatic N) is 3. The van der Waals surface area contributed by atoms with Crippen LogP contribution in [-0.4, -0.2) is 52.7 Å². The van der Waals surface area contributed by atoms with Gasteiger partial charge in [-0.15, -0.1) is 0 Å². The molecule has 2 aliphatic rings. The number of rotatable bonds is 4. The van der Waals surface area contributed by atoms with E-state index in [1.54, 1.807) is 6.26 Å². The highest BCUT2D eigenvalue weighted by Gasteiger charge is 2.43. The van der Waals surface area contributed by atoms with Gasteiger partial charge < -0.3 is 13.9 Å². The van der Waals surface area contributed by atoms with Gasteiger partial charge in [0.15, 0.2) is 0 Å². The molecule has 2 fully saturated rings. The van der Waals surface area contributed by atoms with Crippen LogP contribution in [-0.2, 0) is 22.6 Å². The van der Waals surface area contributed by atoms with Crippen molar-refractivity contribution in [3.05, 3.63) is 42.6 Å². The second-order valence-electron chi connectivity index (χ2n) is 6.58. The number of hydrogen-bond donors (Lipinski definition) is 0. The van der Waals surface area contributed by atoms with E-state index in [2.05, 4.69) is 10.00 Å². The lowest BCUT2D eigenvalue weighted by Crippen LogP contribution is -2.44. The summed E-state index contributed by atoms with van der Waals surface area (Å²) in [7, 11) is 0. The van der Waals surface area contributed by atoms with Gasteiger partial charge in [-0.1, -0.05) is 0 Å². The third-order valence-corrected chi connectivity index (χ3v) is 4.70. The average molecular weight is 317 g/mol. The largest absolute Gasteiger partial charge is 0.472 e. The zero-order valence-electron chi connectivity index (χ0n) is 13.3. The molecule has 2 aromatic rings. The van der Waals surface area contributed by atoms with Crippen LogP contribution in [0.4, 0.5) is 0 Å². The summed E-state index contributed by atoms with van der Waals surface area (Å²) in [5.74, 6) is 0. The van der Waals surface area contributed by atoms with E-state index in [-0.39, 0.29) is 11.7 Å². The van der Waals surface area contributed by atoms with Crippen LogP contribution in [0.1, 0.15) is 18.4 Å². The van der Waals surface area contributed by atoms with Crippen LogP contribution < -0.4 is 0 Å². The van der Waals surface area contributed by atoms with E-state index in [0.717, 1.165) is 45.6 Å². The Labute approximate surface area is 136 Å². The number of furan rings is 1. The Morgan fingerprint density at radius 2 is 2.39 bits per heavy atom. The van der Waals surface area contributed by atoms with E-state index < -0.39 is 0 Å². The van der Waals surface area contributed by atoms with Gasteiger partial charge in [-0.25, -0.2) is 0 Å². The van der Waals surface area contributed by atoms with Crippen LogP contribution in [0.25, 0.3) is 0 Å². The molecule has 0 aromatic carbocycles. The maximum atomic E-state index is 6.44. The lowest BCUT2D eigenvalue weighted by molar-refractivity contribution is -0.0904. The molecule has 6 heteroatoms. The Morgan fingerprint density at radius 1 is 1.39 bits per heavy atom. The van der Waals surface area contributed by atoms with E-state index in [4.69, 9.17) is 13.9 Å². The molecule has 0 amide bonds. The highest BCUT2D eigenvalue weighted by atomic mass is 16.6. The molecule has 0 N–H and O–H groups in total. The third kappa shape index (κ3) is 3.49. The summed E-state index contributed by atoms with van der Waals surface area (Å²) in [5, 5.41) is 4.28. The molecule has 0 bridgehead atoms. The molecule has 124 valence electrons. The van der Waals surface area contributed by atoms with Gasteiger partial charge >= 0.3 is 0 Å². The van der Waals surface area contributed by atoms with E-state index in [0.29, 0.717) is 6.61 Å². The van der Waals surface area contributed by atoms with Crippen LogP contribution in [0.3, 0.4) is 0 Å². The summed E-state index contributed by atoms with van der Waals surface area (Å²) in [6, 6.07) is 3.97. The van der Waals surface area contributed by atoms with Crippen molar-refractivity contribution in [2.45, 2.75) is 37.6 Å². The summed E-state index contributed by atoms with van der Waals surface area (Å²) in [4.78, 5) is 2.41. The fourth-order valence-electron chi connectivity index (χ4n) is 3.62. The summed E-state index contributed by atoms with van der Waals surface area (Å²) in [6.07, 6.45) is 9.66. The first kappa shape index (κ1) is 14.9. The van der Waals surface area contributed by atoms with Crippen molar-refractivity contribution < 1.29 is 13.9 Å². The fourth-order valence-corrected chi connectivity index (χ4v) is 3.62. The normalized spacial score (nSPS) is 29.1. The predicted octanol–water partition coefficient (Wildman–Crippen LogP) is 1.93. The molecule has 4 rings (SSSR count). The standard InChI is InChI=1S/C17H23N3O3/c1-5-18-20(6-1)11-16-2-4-17(23-16)13-19(7-9-22-14-17)10-15-3-8-21-12-15/h1,3,5-6,8,12,16H,2,4,7,9-11,13-14H2/t16-,17+/m1/s1.